The predicted octanol–water partition coefficient (Wildman–Crippen LogP) is 2.72. The first-order valence-corrected chi connectivity index (χ1v) is 5.45. The van der Waals surface area contributed by atoms with Gasteiger partial charge in [0.25, 0.3) is 6.43 Å². The molecule has 0 spiro atoms. The van der Waals surface area contributed by atoms with E-state index in [1.807, 2.05) is 22.6 Å². The first-order chi connectivity index (χ1) is 6.07. The molecule has 1 aromatic heterocycles. The molecule has 2 nitrogen and oxygen atoms in total. The number of pyridine rings is 1. The fourth-order valence-corrected chi connectivity index (χ4v) is 2.20. The number of halogens is 4. The SMILES string of the molecule is OCc1c(I)cnc(I)c1C(F)F. The molecule has 0 saturated heterocycles. The van der Waals surface area contributed by atoms with Crippen molar-refractivity contribution in [1.82, 2.24) is 4.98 Å². The summed E-state index contributed by atoms with van der Waals surface area (Å²) in [6, 6.07) is 0. The van der Waals surface area contributed by atoms with Crippen molar-refractivity contribution in [2.75, 3.05) is 0 Å². The number of hydrogen-bond donors (Lipinski definition) is 1. The second-order valence-corrected chi connectivity index (χ2v) is 4.43. The molecule has 0 atom stereocenters. The smallest absolute Gasteiger partial charge is 0.266 e. The average molecular weight is 411 g/mol. The molecule has 0 aliphatic carbocycles. The van der Waals surface area contributed by atoms with Gasteiger partial charge in [-0.1, -0.05) is 0 Å². The lowest BCUT2D eigenvalue weighted by molar-refractivity contribution is 0.145. The number of nitrogens with zero attached hydrogens (tertiary/aromatic N) is 1. The lowest BCUT2D eigenvalue weighted by Crippen LogP contribution is -2.03. The monoisotopic (exact) mass is 411 g/mol. The predicted molar refractivity (Wildman–Crippen MR) is 60.6 cm³/mol. The van der Waals surface area contributed by atoms with E-state index in [1.54, 1.807) is 22.6 Å². The number of alkyl halides is 2. The maximum atomic E-state index is 12.5. The van der Waals surface area contributed by atoms with Crippen LogP contribution in [0.4, 0.5) is 8.78 Å². The van der Waals surface area contributed by atoms with Crippen molar-refractivity contribution in [2.24, 2.45) is 0 Å². The van der Waals surface area contributed by atoms with E-state index in [0.29, 0.717) is 3.57 Å². The van der Waals surface area contributed by atoms with Crippen LogP contribution >= 0.6 is 45.2 Å². The van der Waals surface area contributed by atoms with Gasteiger partial charge < -0.3 is 5.11 Å². The fourth-order valence-electron chi connectivity index (χ4n) is 0.896. The molecule has 6 heteroatoms. The molecular weight excluding hydrogens is 406 g/mol. The molecule has 0 aliphatic heterocycles. The molecule has 1 aromatic rings. The Kier molecular flexibility index (Phi) is 4.23. The molecule has 1 heterocycles. The summed E-state index contributed by atoms with van der Waals surface area (Å²) in [6.07, 6.45) is -1.11. The van der Waals surface area contributed by atoms with Crippen LogP contribution in [-0.2, 0) is 6.61 Å². The second-order valence-electron chi connectivity index (χ2n) is 2.25. The molecule has 1 rings (SSSR count). The van der Waals surface area contributed by atoms with Crippen LogP contribution in [0.25, 0.3) is 0 Å². The van der Waals surface area contributed by atoms with Crippen molar-refractivity contribution in [3.05, 3.63) is 24.6 Å². The van der Waals surface area contributed by atoms with Crippen molar-refractivity contribution in [2.45, 2.75) is 13.0 Å². The number of aliphatic hydroxyl groups excluding tert-OH is 1. The van der Waals surface area contributed by atoms with E-state index in [0.717, 1.165) is 0 Å². The summed E-state index contributed by atoms with van der Waals surface area (Å²) in [4.78, 5) is 3.80. The van der Waals surface area contributed by atoms with Gasteiger partial charge in [0.05, 0.1) is 12.2 Å². The molecule has 0 saturated carbocycles. The maximum Gasteiger partial charge on any atom is 0.266 e. The van der Waals surface area contributed by atoms with Crippen LogP contribution < -0.4 is 0 Å². The van der Waals surface area contributed by atoms with Crippen LogP contribution in [0.3, 0.4) is 0 Å². The van der Waals surface area contributed by atoms with Gasteiger partial charge in [-0.15, -0.1) is 0 Å². The van der Waals surface area contributed by atoms with Gasteiger partial charge in [0, 0.05) is 15.3 Å². The van der Waals surface area contributed by atoms with Crippen LogP contribution in [0.2, 0.25) is 0 Å². The van der Waals surface area contributed by atoms with Crippen LogP contribution in [0.1, 0.15) is 17.6 Å². The Morgan fingerprint density at radius 3 is 2.46 bits per heavy atom. The summed E-state index contributed by atoms with van der Waals surface area (Å²) in [6.45, 7) is -0.379. The minimum atomic E-state index is -2.59. The van der Waals surface area contributed by atoms with Gasteiger partial charge in [-0.2, -0.15) is 0 Å². The van der Waals surface area contributed by atoms with E-state index < -0.39 is 6.43 Å². The molecule has 0 aliphatic rings. The van der Waals surface area contributed by atoms with Crippen LogP contribution in [-0.4, -0.2) is 10.1 Å². The summed E-state index contributed by atoms with van der Waals surface area (Å²) < 4.78 is 25.8. The topological polar surface area (TPSA) is 33.1 Å². The van der Waals surface area contributed by atoms with E-state index in [-0.39, 0.29) is 21.4 Å². The van der Waals surface area contributed by atoms with E-state index in [2.05, 4.69) is 4.98 Å². The van der Waals surface area contributed by atoms with Gasteiger partial charge >= 0.3 is 0 Å². The number of rotatable bonds is 2. The highest BCUT2D eigenvalue weighted by molar-refractivity contribution is 14.1. The Labute approximate surface area is 101 Å². The van der Waals surface area contributed by atoms with Crippen LogP contribution in [0.15, 0.2) is 6.20 Å². The van der Waals surface area contributed by atoms with Crippen molar-refractivity contribution in [3.8, 4) is 0 Å². The average Bonchev–Trinajstić information content (AvgIpc) is 2.07. The summed E-state index contributed by atoms with van der Waals surface area (Å²) in [5.41, 5.74) is 0.116. The molecule has 0 bridgehead atoms. The number of aliphatic hydroxyl groups is 1. The third kappa shape index (κ3) is 2.46. The first-order valence-electron chi connectivity index (χ1n) is 3.29. The third-order valence-corrected chi connectivity index (χ3v) is 3.29. The minimum absolute atomic E-state index is 0.157. The van der Waals surface area contributed by atoms with Gasteiger partial charge in [-0.05, 0) is 45.2 Å². The fraction of sp³-hybridized carbons (Fsp3) is 0.286. The highest BCUT2D eigenvalue weighted by Crippen LogP contribution is 2.29. The van der Waals surface area contributed by atoms with Gasteiger partial charge in [0.2, 0.25) is 0 Å². The Balaban J connectivity index is 3.35. The third-order valence-electron chi connectivity index (χ3n) is 1.50. The van der Waals surface area contributed by atoms with Crippen molar-refractivity contribution in [3.63, 3.8) is 0 Å². The summed E-state index contributed by atoms with van der Waals surface area (Å²) >= 11 is 3.61. The normalized spacial score (nSPS) is 10.9. The van der Waals surface area contributed by atoms with E-state index >= 15 is 0 Å². The van der Waals surface area contributed by atoms with Crippen molar-refractivity contribution in [1.29, 1.82) is 0 Å². The standard InChI is InChI=1S/C7H5F2I2NO/c8-6(9)5-3(2-13)4(10)1-12-7(5)11/h1,6,13H,2H2. The molecule has 13 heavy (non-hydrogen) atoms. The first kappa shape index (κ1) is 11.5. The van der Waals surface area contributed by atoms with E-state index in [9.17, 15) is 8.78 Å². The molecule has 1 N–H and O–H groups in total. The molecule has 0 radical (unpaired) electrons. The quantitative estimate of drug-likeness (QED) is 0.600. The Morgan fingerprint density at radius 1 is 1.46 bits per heavy atom. The number of hydrogen-bond acceptors (Lipinski definition) is 2. The molecule has 72 valence electrons. The van der Waals surface area contributed by atoms with Gasteiger partial charge in [0.1, 0.15) is 3.70 Å². The van der Waals surface area contributed by atoms with Crippen molar-refractivity contribution < 1.29 is 13.9 Å². The molecular formula is C7H5F2I2NO. The summed E-state index contributed by atoms with van der Waals surface area (Å²) in [7, 11) is 0. The number of aromatic nitrogens is 1. The summed E-state index contributed by atoms with van der Waals surface area (Å²) in [5.74, 6) is 0. The lowest BCUT2D eigenvalue weighted by atomic mass is 10.1. The van der Waals surface area contributed by atoms with Crippen LogP contribution in [0, 0.1) is 7.27 Å². The van der Waals surface area contributed by atoms with Gasteiger partial charge in [-0.3, -0.25) is 0 Å². The van der Waals surface area contributed by atoms with Crippen molar-refractivity contribution >= 4 is 45.2 Å². The minimum Gasteiger partial charge on any atom is -0.392 e. The highest BCUT2D eigenvalue weighted by Gasteiger charge is 2.19. The van der Waals surface area contributed by atoms with Crippen LogP contribution in [0.5, 0.6) is 0 Å². The zero-order valence-corrected chi connectivity index (χ0v) is 10.6. The Hall–Kier alpha value is 0.430. The van der Waals surface area contributed by atoms with E-state index in [4.69, 9.17) is 5.11 Å². The van der Waals surface area contributed by atoms with Gasteiger partial charge in [-0.25, -0.2) is 13.8 Å². The Bertz CT molecular complexity index is 320. The largest absolute Gasteiger partial charge is 0.392 e. The Morgan fingerprint density at radius 2 is 2.08 bits per heavy atom. The van der Waals surface area contributed by atoms with E-state index in [1.165, 1.54) is 6.20 Å². The zero-order valence-electron chi connectivity index (χ0n) is 6.27. The second kappa shape index (κ2) is 4.78. The molecule has 0 amide bonds. The molecule has 0 unspecified atom stereocenters. The van der Waals surface area contributed by atoms with Gasteiger partial charge in [0.15, 0.2) is 0 Å². The molecule has 0 fully saturated rings. The highest BCUT2D eigenvalue weighted by atomic mass is 127. The maximum absolute atomic E-state index is 12.5. The zero-order chi connectivity index (χ0) is 10.0. The lowest BCUT2D eigenvalue weighted by Gasteiger charge is -2.09. The molecule has 0 aromatic carbocycles. The summed E-state index contributed by atoms with van der Waals surface area (Å²) in [5, 5.41) is 8.90.